The quantitative estimate of drug-likeness (QED) is 0.731. The summed E-state index contributed by atoms with van der Waals surface area (Å²) in [6, 6.07) is 8.09. The first-order valence-corrected chi connectivity index (χ1v) is 7.22. The van der Waals surface area contributed by atoms with Gasteiger partial charge < -0.3 is 14.8 Å². The van der Waals surface area contributed by atoms with Crippen molar-refractivity contribution in [2.75, 3.05) is 13.2 Å². The molecule has 1 aromatic carbocycles. The number of rotatable bonds is 8. The van der Waals surface area contributed by atoms with Gasteiger partial charge in [-0.3, -0.25) is 9.59 Å². The summed E-state index contributed by atoms with van der Waals surface area (Å²) in [4.78, 5) is 35.3. The molecule has 6 nitrogen and oxygen atoms in total. The number of esters is 2. The van der Waals surface area contributed by atoms with Crippen LogP contribution in [0.25, 0.3) is 0 Å². The third-order valence-electron chi connectivity index (χ3n) is 2.79. The second-order valence-corrected chi connectivity index (χ2v) is 4.54. The Bertz CT molecular complexity index is 501. The third kappa shape index (κ3) is 6.39. The highest BCUT2D eigenvalue weighted by molar-refractivity contribution is 5.88. The van der Waals surface area contributed by atoms with Gasteiger partial charge in [0.25, 0.3) is 0 Å². The van der Waals surface area contributed by atoms with Crippen molar-refractivity contribution in [2.24, 2.45) is 0 Å². The van der Waals surface area contributed by atoms with Crippen LogP contribution in [0, 0.1) is 0 Å². The summed E-state index contributed by atoms with van der Waals surface area (Å²) in [5.41, 5.74) is 0.818. The lowest BCUT2D eigenvalue weighted by Crippen LogP contribution is -2.44. The van der Waals surface area contributed by atoms with Crippen LogP contribution in [0.15, 0.2) is 30.3 Å². The molecule has 1 N–H and O–H groups in total. The van der Waals surface area contributed by atoms with Crippen LogP contribution >= 0.6 is 0 Å². The molecule has 120 valence electrons. The summed E-state index contributed by atoms with van der Waals surface area (Å²) < 4.78 is 9.68. The molecule has 0 radical (unpaired) electrons. The van der Waals surface area contributed by atoms with Crippen molar-refractivity contribution in [3.8, 4) is 0 Å². The smallest absolute Gasteiger partial charge is 0.329 e. The average molecular weight is 307 g/mol. The Morgan fingerprint density at radius 1 is 1.05 bits per heavy atom. The summed E-state index contributed by atoms with van der Waals surface area (Å²) >= 11 is 0. The van der Waals surface area contributed by atoms with Gasteiger partial charge in [-0.2, -0.15) is 0 Å². The molecular weight excluding hydrogens is 286 g/mol. The molecular formula is C16H21NO5. The summed E-state index contributed by atoms with van der Waals surface area (Å²) in [5.74, 6) is -1.55. The van der Waals surface area contributed by atoms with E-state index in [-0.39, 0.29) is 32.0 Å². The van der Waals surface area contributed by atoms with Gasteiger partial charge in [-0.25, -0.2) is 4.79 Å². The standard InChI is InChI=1S/C16H21NO5/c1-3-21-15(19)11-13(16(20)22-4-2)17-14(18)10-12-8-6-5-7-9-12/h5-9,13H,3-4,10-11H2,1-2H3,(H,17,18). The van der Waals surface area contributed by atoms with Crippen molar-refractivity contribution in [2.45, 2.75) is 32.7 Å². The van der Waals surface area contributed by atoms with Crippen LogP contribution in [0.3, 0.4) is 0 Å². The summed E-state index contributed by atoms with van der Waals surface area (Å²) in [6.45, 7) is 3.72. The molecule has 0 aliphatic rings. The van der Waals surface area contributed by atoms with Crippen molar-refractivity contribution in [1.29, 1.82) is 0 Å². The Balaban J connectivity index is 2.64. The molecule has 0 aliphatic carbocycles. The molecule has 1 aromatic rings. The van der Waals surface area contributed by atoms with Gasteiger partial charge in [0.2, 0.25) is 5.91 Å². The second kappa shape index (κ2) is 9.55. The van der Waals surface area contributed by atoms with Gasteiger partial charge in [0.1, 0.15) is 6.04 Å². The molecule has 6 heteroatoms. The number of carbonyl (C=O) groups excluding carboxylic acids is 3. The number of benzene rings is 1. The van der Waals surface area contributed by atoms with Crippen molar-refractivity contribution < 1.29 is 23.9 Å². The minimum atomic E-state index is -1.03. The Labute approximate surface area is 129 Å². The molecule has 0 fully saturated rings. The van der Waals surface area contributed by atoms with E-state index >= 15 is 0 Å². The van der Waals surface area contributed by atoms with Gasteiger partial charge in [0.15, 0.2) is 0 Å². The second-order valence-electron chi connectivity index (χ2n) is 4.54. The lowest BCUT2D eigenvalue weighted by molar-refractivity contribution is -0.153. The van der Waals surface area contributed by atoms with Gasteiger partial charge in [-0.05, 0) is 19.4 Å². The molecule has 0 aliphatic heterocycles. The Kier molecular flexibility index (Phi) is 7.67. The topological polar surface area (TPSA) is 81.7 Å². The molecule has 1 amide bonds. The van der Waals surface area contributed by atoms with Gasteiger partial charge >= 0.3 is 11.9 Å². The zero-order chi connectivity index (χ0) is 16.4. The number of ether oxygens (including phenoxy) is 2. The van der Waals surface area contributed by atoms with Crippen LogP contribution in [0.5, 0.6) is 0 Å². The van der Waals surface area contributed by atoms with E-state index in [0.717, 1.165) is 5.56 Å². The largest absolute Gasteiger partial charge is 0.466 e. The predicted octanol–water partition coefficient (Wildman–Crippen LogP) is 1.23. The number of hydrogen-bond donors (Lipinski definition) is 1. The van der Waals surface area contributed by atoms with Crippen molar-refractivity contribution in [3.63, 3.8) is 0 Å². The van der Waals surface area contributed by atoms with Crippen LogP contribution in [-0.4, -0.2) is 37.1 Å². The van der Waals surface area contributed by atoms with E-state index in [1.165, 1.54) is 0 Å². The van der Waals surface area contributed by atoms with Crippen LogP contribution in [0.4, 0.5) is 0 Å². The van der Waals surface area contributed by atoms with Crippen LogP contribution in [-0.2, 0) is 30.3 Å². The molecule has 1 unspecified atom stereocenters. The molecule has 1 atom stereocenters. The summed E-state index contributed by atoms with van der Waals surface area (Å²) in [6.07, 6.45) is -0.118. The fraction of sp³-hybridized carbons (Fsp3) is 0.438. The lowest BCUT2D eigenvalue weighted by Gasteiger charge is -2.16. The minimum absolute atomic E-state index is 0.125. The average Bonchev–Trinajstić information content (AvgIpc) is 2.48. The Morgan fingerprint density at radius 3 is 2.27 bits per heavy atom. The van der Waals surface area contributed by atoms with Gasteiger partial charge in [0, 0.05) is 0 Å². The van der Waals surface area contributed by atoms with Gasteiger partial charge in [-0.1, -0.05) is 30.3 Å². The zero-order valence-electron chi connectivity index (χ0n) is 12.8. The molecule has 0 heterocycles. The number of carbonyl (C=O) groups is 3. The fourth-order valence-electron chi connectivity index (χ4n) is 1.85. The molecule has 0 saturated heterocycles. The van der Waals surface area contributed by atoms with Crippen molar-refractivity contribution in [1.82, 2.24) is 5.32 Å². The number of nitrogens with one attached hydrogen (secondary N) is 1. The molecule has 0 saturated carbocycles. The predicted molar refractivity (Wildman–Crippen MR) is 80.0 cm³/mol. The molecule has 0 spiro atoms. The first-order chi connectivity index (χ1) is 10.6. The highest BCUT2D eigenvalue weighted by atomic mass is 16.5. The maximum absolute atomic E-state index is 12.0. The SMILES string of the molecule is CCOC(=O)CC(NC(=O)Cc1ccccc1)C(=O)OCC. The van der Waals surface area contributed by atoms with E-state index in [2.05, 4.69) is 5.32 Å². The fourth-order valence-corrected chi connectivity index (χ4v) is 1.85. The number of hydrogen-bond acceptors (Lipinski definition) is 5. The van der Waals surface area contributed by atoms with Crippen molar-refractivity contribution in [3.05, 3.63) is 35.9 Å². The lowest BCUT2D eigenvalue weighted by atomic mass is 10.1. The van der Waals surface area contributed by atoms with Crippen LogP contribution < -0.4 is 5.32 Å². The van der Waals surface area contributed by atoms with Gasteiger partial charge in [0.05, 0.1) is 26.1 Å². The van der Waals surface area contributed by atoms with Crippen LogP contribution in [0.1, 0.15) is 25.8 Å². The molecule has 22 heavy (non-hydrogen) atoms. The van der Waals surface area contributed by atoms with E-state index in [1.807, 2.05) is 30.3 Å². The normalized spacial score (nSPS) is 11.4. The molecule has 1 rings (SSSR count). The van der Waals surface area contributed by atoms with E-state index in [9.17, 15) is 14.4 Å². The maximum atomic E-state index is 12.0. The van der Waals surface area contributed by atoms with E-state index in [4.69, 9.17) is 9.47 Å². The van der Waals surface area contributed by atoms with Crippen molar-refractivity contribution >= 4 is 17.8 Å². The summed E-state index contributed by atoms with van der Waals surface area (Å²) in [7, 11) is 0. The Morgan fingerprint density at radius 2 is 1.68 bits per heavy atom. The first kappa shape index (κ1) is 17.7. The van der Waals surface area contributed by atoms with E-state index in [1.54, 1.807) is 13.8 Å². The third-order valence-corrected chi connectivity index (χ3v) is 2.79. The highest BCUT2D eigenvalue weighted by Crippen LogP contribution is 2.03. The van der Waals surface area contributed by atoms with E-state index < -0.39 is 18.0 Å². The van der Waals surface area contributed by atoms with Gasteiger partial charge in [-0.15, -0.1) is 0 Å². The number of amides is 1. The highest BCUT2D eigenvalue weighted by Gasteiger charge is 2.25. The molecule has 0 aromatic heterocycles. The minimum Gasteiger partial charge on any atom is -0.466 e. The maximum Gasteiger partial charge on any atom is 0.329 e. The monoisotopic (exact) mass is 307 g/mol. The molecule has 0 bridgehead atoms. The van der Waals surface area contributed by atoms with Crippen LogP contribution in [0.2, 0.25) is 0 Å². The summed E-state index contributed by atoms with van der Waals surface area (Å²) in [5, 5.41) is 2.53. The zero-order valence-corrected chi connectivity index (χ0v) is 12.8. The Hall–Kier alpha value is -2.37. The first-order valence-electron chi connectivity index (χ1n) is 7.22. The van der Waals surface area contributed by atoms with E-state index in [0.29, 0.717) is 0 Å².